The van der Waals surface area contributed by atoms with E-state index in [1.54, 1.807) is 7.11 Å². The molecule has 5 heteroatoms. The summed E-state index contributed by atoms with van der Waals surface area (Å²) in [6.07, 6.45) is 2.86. The number of para-hydroxylation sites is 1. The van der Waals surface area contributed by atoms with Crippen LogP contribution in [0.1, 0.15) is 35.7 Å². The molecule has 0 bridgehead atoms. The van der Waals surface area contributed by atoms with Gasteiger partial charge in [-0.3, -0.25) is 4.79 Å². The molecule has 1 fully saturated rings. The lowest BCUT2D eigenvalue weighted by Crippen LogP contribution is -2.44. The van der Waals surface area contributed by atoms with Crippen LogP contribution in [0.25, 0.3) is 32.7 Å². The molecule has 180 valence electrons. The van der Waals surface area contributed by atoms with Crippen LogP contribution in [-0.2, 0) is 6.42 Å². The lowest BCUT2D eigenvalue weighted by Gasteiger charge is -2.34. The summed E-state index contributed by atoms with van der Waals surface area (Å²) >= 11 is 0. The number of hydrogen-bond acceptors (Lipinski definition) is 4. The summed E-state index contributed by atoms with van der Waals surface area (Å²) < 4.78 is 5.83. The van der Waals surface area contributed by atoms with Crippen molar-refractivity contribution in [1.29, 1.82) is 0 Å². The van der Waals surface area contributed by atoms with Gasteiger partial charge in [0.1, 0.15) is 5.75 Å². The van der Waals surface area contributed by atoms with E-state index in [1.807, 2.05) is 18.2 Å². The van der Waals surface area contributed by atoms with Crippen molar-refractivity contribution < 1.29 is 9.53 Å². The van der Waals surface area contributed by atoms with Crippen LogP contribution < -0.4 is 20.7 Å². The van der Waals surface area contributed by atoms with Gasteiger partial charge in [-0.2, -0.15) is 0 Å². The molecule has 5 rings (SSSR count). The minimum Gasteiger partial charge on any atom is -0.496 e. The van der Waals surface area contributed by atoms with Crippen LogP contribution in [-0.4, -0.2) is 39.2 Å². The Labute approximate surface area is 206 Å². The number of anilines is 1. The third kappa shape index (κ3) is 4.21. The number of nitrogens with one attached hydrogen (secondary N) is 1. The van der Waals surface area contributed by atoms with Gasteiger partial charge in [0.2, 0.25) is 0 Å². The van der Waals surface area contributed by atoms with E-state index >= 15 is 0 Å². The number of piperazine rings is 1. The molecule has 1 aliphatic heterocycles. The molecule has 1 heterocycles. The highest BCUT2D eigenvalue weighted by molar-refractivity contribution is 6.17. The fourth-order valence-electron chi connectivity index (χ4n) is 5.43. The number of nitrogens with two attached hydrogens (primary N) is 1. The predicted molar refractivity (Wildman–Crippen MR) is 146 cm³/mol. The Morgan fingerprint density at radius 3 is 2.31 bits per heavy atom. The van der Waals surface area contributed by atoms with Crippen LogP contribution in [0.3, 0.4) is 0 Å². The Kier molecular flexibility index (Phi) is 6.60. The SMILES string of the molecule is CCCCc1c(C(N)=O)c(N2CCNCC2)c(-c2ccccc2OC)c2cc3ccccc3cc12. The van der Waals surface area contributed by atoms with Crippen molar-refractivity contribution in [3.63, 3.8) is 0 Å². The van der Waals surface area contributed by atoms with Crippen LogP contribution in [0.5, 0.6) is 5.75 Å². The van der Waals surface area contributed by atoms with Crippen molar-refractivity contribution in [1.82, 2.24) is 5.32 Å². The first kappa shape index (κ1) is 23.2. The number of rotatable bonds is 7. The molecule has 1 amide bonds. The molecule has 3 N–H and O–H groups in total. The summed E-state index contributed by atoms with van der Waals surface area (Å²) in [6, 6.07) is 21.0. The smallest absolute Gasteiger partial charge is 0.251 e. The number of fused-ring (bicyclic) bond motifs is 2. The third-order valence-corrected chi connectivity index (χ3v) is 7.09. The van der Waals surface area contributed by atoms with Gasteiger partial charge in [-0.05, 0) is 58.1 Å². The molecule has 35 heavy (non-hydrogen) atoms. The van der Waals surface area contributed by atoms with Gasteiger partial charge in [0.15, 0.2) is 0 Å². The van der Waals surface area contributed by atoms with E-state index in [0.29, 0.717) is 5.56 Å². The monoisotopic (exact) mass is 467 g/mol. The van der Waals surface area contributed by atoms with Crippen molar-refractivity contribution in [2.45, 2.75) is 26.2 Å². The maximum absolute atomic E-state index is 13.2. The van der Waals surface area contributed by atoms with Gasteiger partial charge < -0.3 is 20.7 Å². The standard InChI is InChI=1S/C30H33N3O2/c1-3-4-11-22-24-18-20-9-5-6-10-21(20)19-25(24)27(23-12-7-8-13-26(23)35-2)29(28(22)30(31)34)33-16-14-32-15-17-33/h5-10,12-13,18-19,32H,3-4,11,14-17H2,1-2H3,(H2,31,34). The highest BCUT2D eigenvalue weighted by atomic mass is 16.5. The molecule has 5 nitrogen and oxygen atoms in total. The second-order valence-electron chi connectivity index (χ2n) is 9.23. The second-order valence-corrected chi connectivity index (χ2v) is 9.23. The van der Waals surface area contributed by atoms with Crippen LogP contribution in [0, 0.1) is 0 Å². The number of unbranched alkanes of at least 4 members (excludes halogenated alkanes) is 1. The average Bonchev–Trinajstić information content (AvgIpc) is 2.90. The molecular weight excluding hydrogens is 434 g/mol. The van der Waals surface area contributed by atoms with E-state index < -0.39 is 0 Å². The van der Waals surface area contributed by atoms with Crippen LogP contribution in [0.15, 0.2) is 60.7 Å². The average molecular weight is 468 g/mol. The number of methoxy groups -OCH3 is 1. The Morgan fingerprint density at radius 2 is 1.66 bits per heavy atom. The summed E-state index contributed by atoms with van der Waals surface area (Å²) in [6.45, 7) is 5.54. The summed E-state index contributed by atoms with van der Waals surface area (Å²) in [7, 11) is 1.70. The quantitative estimate of drug-likeness (QED) is 0.351. The van der Waals surface area contributed by atoms with Crippen LogP contribution in [0.4, 0.5) is 5.69 Å². The van der Waals surface area contributed by atoms with Crippen molar-refractivity contribution in [3.05, 3.63) is 71.8 Å². The molecule has 0 radical (unpaired) electrons. The second kappa shape index (κ2) is 9.96. The molecule has 0 aromatic heterocycles. The maximum atomic E-state index is 13.2. The largest absolute Gasteiger partial charge is 0.496 e. The molecular formula is C30H33N3O2. The zero-order chi connectivity index (χ0) is 24.4. The van der Waals surface area contributed by atoms with Crippen LogP contribution in [0.2, 0.25) is 0 Å². The minimum atomic E-state index is -0.365. The number of hydrogen-bond donors (Lipinski definition) is 2. The van der Waals surface area contributed by atoms with Crippen molar-refractivity contribution in [2.24, 2.45) is 5.73 Å². The van der Waals surface area contributed by atoms with Gasteiger partial charge in [0.05, 0.1) is 18.4 Å². The first-order valence-corrected chi connectivity index (χ1v) is 12.5. The van der Waals surface area contributed by atoms with Gasteiger partial charge in [0, 0.05) is 37.3 Å². The Hall–Kier alpha value is -3.57. The summed E-state index contributed by atoms with van der Waals surface area (Å²) in [4.78, 5) is 15.6. The van der Waals surface area contributed by atoms with Gasteiger partial charge in [-0.1, -0.05) is 55.8 Å². The number of benzene rings is 4. The molecule has 0 unspecified atom stereocenters. The summed E-state index contributed by atoms with van der Waals surface area (Å²) in [5.74, 6) is 0.422. The van der Waals surface area contributed by atoms with E-state index in [0.717, 1.165) is 89.7 Å². The van der Waals surface area contributed by atoms with Gasteiger partial charge >= 0.3 is 0 Å². The van der Waals surface area contributed by atoms with E-state index in [-0.39, 0.29) is 5.91 Å². The number of ether oxygens (including phenoxy) is 1. The lowest BCUT2D eigenvalue weighted by atomic mass is 9.84. The van der Waals surface area contributed by atoms with Crippen molar-refractivity contribution in [2.75, 3.05) is 38.2 Å². The normalized spacial score (nSPS) is 13.9. The minimum absolute atomic E-state index is 0.365. The number of nitrogens with zero attached hydrogens (tertiary/aromatic N) is 1. The molecule has 0 saturated carbocycles. The number of carbonyl (C=O) groups excluding carboxylic acids is 1. The number of aryl methyl sites for hydroxylation is 1. The van der Waals surface area contributed by atoms with E-state index in [9.17, 15) is 4.79 Å². The zero-order valence-corrected chi connectivity index (χ0v) is 20.6. The highest BCUT2D eigenvalue weighted by Gasteiger charge is 2.29. The van der Waals surface area contributed by atoms with E-state index in [2.05, 4.69) is 59.6 Å². The highest BCUT2D eigenvalue weighted by Crippen LogP contribution is 2.47. The topological polar surface area (TPSA) is 67.6 Å². The molecule has 1 aliphatic rings. The Balaban J connectivity index is 1.99. The van der Waals surface area contributed by atoms with Crippen molar-refractivity contribution >= 4 is 33.1 Å². The molecule has 0 spiro atoms. The summed E-state index contributed by atoms with van der Waals surface area (Å²) in [5.41, 5.74) is 10.9. The maximum Gasteiger partial charge on any atom is 0.251 e. The first-order chi connectivity index (χ1) is 17.1. The zero-order valence-electron chi connectivity index (χ0n) is 20.6. The first-order valence-electron chi connectivity index (χ1n) is 12.5. The number of amides is 1. The Bertz CT molecular complexity index is 1390. The molecule has 4 aromatic carbocycles. The Morgan fingerprint density at radius 1 is 1.00 bits per heavy atom. The van der Waals surface area contributed by atoms with Gasteiger partial charge in [0.25, 0.3) is 5.91 Å². The summed E-state index contributed by atoms with van der Waals surface area (Å²) in [5, 5.41) is 8.02. The number of primary amides is 1. The third-order valence-electron chi connectivity index (χ3n) is 7.09. The molecule has 4 aromatic rings. The van der Waals surface area contributed by atoms with Gasteiger partial charge in [-0.15, -0.1) is 0 Å². The predicted octanol–water partition coefficient (Wildman–Crippen LogP) is 5.52. The van der Waals surface area contributed by atoms with Gasteiger partial charge in [-0.25, -0.2) is 0 Å². The molecule has 0 aliphatic carbocycles. The molecule has 0 atom stereocenters. The van der Waals surface area contributed by atoms with Crippen molar-refractivity contribution in [3.8, 4) is 16.9 Å². The van der Waals surface area contributed by atoms with E-state index in [1.165, 1.54) is 5.39 Å². The van der Waals surface area contributed by atoms with Crippen LogP contribution >= 0.6 is 0 Å². The van der Waals surface area contributed by atoms with E-state index in [4.69, 9.17) is 10.5 Å². The molecule has 1 saturated heterocycles. The lowest BCUT2D eigenvalue weighted by molar-refractivity contribution is 0.1000. The number of carbonyl (C=O) groups is 1. The fourth-order valence-corrected chi connectivity index (χ4v) is 5.43. The fraction of sp³-hybridized carbons (Fsp3) is 0.300.